The molecule has 8 heavy (non-hydrogen) atoms. The number of allylic oxidation sites excluding steroid dienone is 3. The Morgan fingerprint density at radius 2 is 2.50 bits per heavy atom. The molecule has 1 aliphatic rings. The molecule has 0 nitrogen and oxygen atoms in total. The van der Waals surface area contributed by atoms with E-state index in [1.807, 2.05) is 0 Å². The Morgan fingerprint density at radius 3 is 3.00 bits per heavy atom. The van der Waals surface area contributed by atoms with E-state index in [1.54, 1.807) is 4.47 Å². The van der Waals surface area contributed by atoms with E-state index in [1.165, 1.54) is 12.8 Å². The molecular formula is C7H12Se. The van der Waals surface area contributed by atoms with Crippen LogP contribution in [-0.4, -0.2) is 15.0 Å². The van der Waals surface area contributed by atoms with Gasteiger partial charge in [0.1, 0.15) is 0 Å². The summed E-state index contributed by atoms with van der Waals surface area (Å²) in [5.41, 5.74) is 0. The average molecular weight is 175 g/mol. The first-order chi connectivity index (χ1) is 3.93. The first kappa shape index (κ1) is 6.12. The average Bonchev–Trinajstić information content (AvgIpc) is 2.19. The van der Waals surface area contributed by atoms with E-state index in [-0.39, 0.29) is 15.0 Å². The Hall–Kier alpha value is -0.000519. The molecule has 0 amide bonds. The fourth-order valence-corrected chi connectivity index (χ4v) is 2.88. The summed E-state index contributed by atoms with van der Waals surface area (Å²) in [5, 5.41) is 0. The minimum atomic E-state index is 0.234. The zero-order valence-electron chi connectivity index (χ0n) is 5.15. The molecule has 0 saturated heterocycles. The molecule has 1 heteroatoms. The summed E-state index contributed by atoms with van der Waals surface area (Å²) >= 11 is 0.234. The predicted molar refractivity (Wildman–Crippen MR) is 40.7 cm³/mol. The third-order valence-electron chi connectivity index (χ3n) is 1.18. The molecule has 1 heterocycles. The van der Waals surface area contributed by atoms with E-state index in [0.717, 1.165) is 0 Å². The van der Waals surface area contributed by atoms with Gasteiger partial charge in [0.05, 0.1) is 0 Å². The zero-order chi connectivity index (χ0) is 5.82. The Kier molecular flexibility index (Phi) is 2.38. The third-order valence-corrected chi connectivity index (χ3v) is 3.59. The van der Waals surface area contributed by atoms with Crippen molar-refractivity contribution in [1.82, 2.24) is 0 Å². The molecule has 0 aromatic heterocycles. The maximum atomic E-state index is 2.34. The van der Waals surface area contributed by atoms with Crippen LogP contribution >= 0.6 is 0 Å². The Morgan fingerprint density at radius 1 is 1.62 bits per heavy atom. The van der Waals surface area contributed by atoms with Crippen molar-refractivity contribution < 1.29 is 0 Å². The molecule has 0 aromatic rings. The molecule has 0 bridgehead atoms. The van der Waals surface area contributed by atoms with Crippen molar-refractivity contribution in [3.05, 3.63) is 21.6 Å². The van der Waals surface area contributed by atoms with E-state index in [0.29, 0.717) is 0 Å². The van der Waals surface area contributed by atoms with Gasteiger partial charge in [0.25, 0.3) is 0 Å². The standard InChI is InChI=1S/C7H12Se/c1-2-4-7-5-3-6-8-7/h3,5-6H,2,4,8H2,1H3. The SMILES string of the molecule is CCCC1=CC=C[SeH2]1. The van der Waals surface area contributed by atoms with Crippen molar-refractivity contribution in [2.75, 3.05) is 0 Å². The maximum absolute atomic E-state index is 2.34. The van der Waals surface area contributed by atoms with Crippen molar-refractivity contribution in [1.29, 1.82) is 0 Å². The van der Waals surface area contributed by atoms with Crippen LogP contribution in [0.15, 0.2) is 21.6 Å². The van der Waals surface area contributed by atoms with Gasteiger partial charge in [0.2, 0.25) is 0 Å². The van der Waals surface area contributed by atoms with E-state index in [2.05, 4.69) is 24.1 Å². The van der Waals surface area contributed by atoms with Crippen LogP contribution in [0.3, 0.4) is 0 Å². The third kappa shape index (κ3) is 1.50. The molecule has 0 aromatic carbocycles. The normalized spacial score (nSPS) is 21.9. The van der Waals surface area contributed by atoms with Crippen LogP contribution in [0.2, 0.25) is 0 Å². The second-order valence-electron chi connectivity index (χ2n) is 1.95. The topological polar surface area (TPSA) is 0 Å². The van der Waals surface area contributed by atoms with Gasteiger partial charge in [-0.25, -0.2) is 0 Å². The first-order valence-electron chi connectivity index (χ1n) is 3.05. The summed E-state index contributed by atoms with van der Waals surface area (Å²) < 4.78 is 1.72. The van der Waals surface area contributed by atoms with Gasteiger partial charge in [0, 0.05) is 0 Å². The van der Waals surface area contributed by atoms with Crippen molar-refractivity contribution in [3.8, 4) is 0 Å². The summed E-state index contributed by atoms with van der Waals surface area (Å²) in [6.45, 7) is 2.24. The number of hydrogen-bond acceptors (Lipinski definition) is 0. The molecular weight excluding hydrogens is 163 g/mol. The van der Waals surface area contributed by atoms with Crippen molar-refractivity contribution in [2.45, 2.75) is 19.8 Å². The summed E-state index contributed by atoms with van der Waals surface area (Å²) in [6.07, 6.45) is 7.14. The molecule has 0 N–H and O–H groups in total. The molecule has 0 spiro atoms. The summed E-state index contributed by atoms with van der Waals surface area (Å²) in [4.78, 5) is 2.34. The van der Waals surface area contributed by atoms with E-state index in [4.69, 9.17) is 0 Å². The summed E-state index contributed by atoms with van der Waals surface area (Å²) in [6, 6.07) is 0. The van der Waals surface area contributed by atoms with Gasteiger partial charge in [-0.15, -0.1) is 0 Å². The molecule has 0 aliphatic carbocycles. The van der Waals surface area contributed by atoms with Crippen LogP contribution in [0.5, 0.6) is 0 Å². The second-order valence-corrected chi connectivity index (χ2v) is 4.60. The zero-order valence-corrected chi connectivity index (χ0v) is 7.24. The van der Waals surface area contributed by atoms with Gasteiger partial charge in [0.15, 0.2) is 0 Å². The van der Waals surface area contributed by atoms with E-state index >= 15 is 0 Å². The van der Waals surface area contributed by atoms with Gasteiger partial charge in [-0.05, 0) is 0 Å². The number of hydrogen-bond donors (Lipinski definition) is 0. The molecule has 0 unspecified atom stereocenters. The second kappa shape index (κ2) is 3.11. The summed E-state index contributed by atoms with van der Waals surface area (Å²) in [7, 11) is 0. The van der Waals surface area contributed by atoms with E-state index < -0.39 is 0 Å². The van der Waals surface area contributed by atoms with Gasteiger partial charge >= 0.3 is 56.3 Å². The molecule has 0 fully saturated rings. The Balaban J connectivity index is 2.28. The van der Waals surface area contributed by atoms with Crippen LogP contribution in [0.1, 0.15) is 19.8 Å². The molecule has 0 atom stereocenters. The molecule has 0 saturated carbocycles. The van der Waals surface area contributed by atoms with Crippen LogP contribution in [0.4, 0.5) is 0 Å². The van der Waals surface area contributed by atoms with Gasteiger partial charge in [-0.1, -0.05) is 0 Å². The fraction of sp³-hybridized carbons (Fsp3) is 0.429. The Labute approximate surface area is 56.8 Å². The fourth-order valence-electron chi connectivity index (χ4n) is 0.792. The molecule has 46 valence electrons. The van der Waals surface area contributed by atoms with Crippen molar-refractivity contribution in [2.24, 2.45) is 0 Å². The van der Waals surface area contributed by atoms with Gasteiger partial charge in [-0.3, -0.25) is 0 Å². The van der Waals surface area contributed by atoms with Crippen molar-refractivity contribution in [3.63, 3.8) is 0 Å². The minimum absolute atomic E-state index is 0.234. The van der Waals surface area contributed by atoms with Crippen LogP contribution in [-0.2, 0) is 0 Å². The Bertz CT molecular complexity index is 122. The molecule has 1 rings (SSSR count). The number of rotatable bonds is 2. The monoisotopic (exact) mass is 176 g/mol. The molecule has 1 aliphatic heterocycles. The van der Waals surface area contributed by atoms with Crippen LogP contribution < -0.4 is 0 Å². The predicted octanol–water partition coefficient (Wildman–Crippen LogP) is 1.37. The van der Waals surface area contributed by atoms with Crippen LogP contribution in [0.25, 0.3) is 0 Å². The first-order valence-corrected chi connectivity index (χ1v) is 5.32. The summed E-state index contributed by atoms with van der Waals surface area (Å²) in [5.74, 6) is 0. The van der Waals surface area contributed by atoms with Crippen molar-refractivity contribution >= 4 is 15.0 Å². The van der Waals surface area contributed by atoms with E-state index in [9.17, 15) is 0 Å². The quantitative estimate of drug-likeness (QED) is 0.556. The van der Waals surface area contributed by atoms with Crippen LogP contribution in [0, 0.1) is 0 Å². The van der Waals surface area contributed by atoms with Gasteiger partial charge in [-0.2, -0.15) is 0 Å². The van der Waals surface area contributed by atoms with Gasteiger partial charge < -0.3 is 0 Å². The molecule has 0 radical (unpaired) electrons.